The van der Waals surface area contributed by atoms with Crippen molar-refractivity contribution in [1.82, 2.24) is 9.78 Å². The van der Waals surface area contributed by atoms with Crippen LogP contribution in [0.4, 0.5) is 4.39 Å². The van der Waals surface area contributed by atoms with Crippen molar-refractivity contribution < 1.29 is 4.39 Å². The molecule has 2 unspecified atom stereocenters. The summed E-state index contributed by atoms with van der Waals surface area (Å²) in [5.41, 5.74) is 2.70. The molecule has 0 amide bonds. The van der Waals surface area contributed by atoms with E-state index >= 15 is 0 Å². The molecule has 1 aromatic heterocycles. The van der Waals surface area contributed by atoms with Crippen molar-refractivity contribution in [1.29, 1.82) is 5.26 Å². The third-order valence-electron chi connectivity index (χ3n) is 4.55. The van der Waals surface area contributed by atoms with Crippen molar-refractivity contribution in [2.24, 2.45) is 5.92 Å². The highest BCUT2D eigenvalue weighted by Gasteiger charge is 2.18. The van der Waals surface area contributed by atoms with Crippen molar-refractivity contribution in [3.63, 3.8) is 0 Å². The first-order valence-corrected chi connectivity index (χ1v) is 10.2. The lowest BCUT2D eigenvalue weighted by molar-refractivity contribution is 0.401. The number of benzene rings is 1. The number of aromatic nitrogens is 2. The molecule has 0 spiro atoms. The SMILES string of the molecule is N#CC1C=CC(c2nn(C3=CCC(F)C=C3)cc2Sc2ccc(Cl)cc2)=CC1. The molecule has 0 N–H and O–H groups in total. The molecule has 0 fully saturated rings. The van der Waals surface area contributed by atoms with Crippen LogP contribution in [0.1, 0.15) is 18.5 Å². The van der Waals surface area contributed by atoms with E-state index in [1.165, 1.54) is 0 Å². The number of allylic oxidation sites excluding steroid dienone is 8. The van der Waals surface area contributed by atoms with Gasteiger partial charge in [0.15, 0.2) is 0 Å². The molecule has 2 aromatic rings. The van der Waals surface area contributed by atoms with E-state index in [0.29, 0.717) is 17.9 Å². The van der Waals surface area contributed by atoms with Crippen molar-refractivity contribution in [2.45, 2.75) is 28.8 Å². The van der Waals surface area contributed by atoms with Gasteiger partial charge in [-0.3, -0.25) is 0 Å². The second kappa shape index (κ2) is 8.22. The van der Waals surface area contributed by atoms with Gasteiger partial charge in [-0.15, -0.1) is 0 Å². The Morgan fingerprint density at radius 3 is 2.61 bits per heavy atom. The van der Waals surface area contributed by atoms with E-state index in [2.05, 4.69) is 12.1 Å². The lowest BCUT2D eigenvalue weighted by Crippen LogP contribution is -2.04. The normalized spacial score (nSPS) is 21.2. The average Bonchev–Trinajstić information content (AvgIpc) is 3.14. The highest BCUT2D eigenvalue weighted by Crippen LogP contribution is 2.36. The number of halogens is 2. The van der Waals surface area contributed by atoms with Crippen LogP contribution in [0, 0.1) is 17.2 Å². The molecule has 0 aliphatic heterocycles. The van der Waals surface area contributed by atoms with Crippen LogP contribution in [0.25, 0.3) is 11.3 Å². The lowest BCUT2D eigenvalue weighted by Gasteiger charge is -2.10. The maximum atomic E-state index is 13.4. The first kappa shape index (κ1) is 18.8. The maximum Gasteiger partial charge on any atom is 0.122 e. The fraction of sp³-hybridized carbons (Fsp3) is 0.182. The second-order valence-electron chi connectivity index (χ2n) is 6.57. The molecule has 28 heavy (non-hydrogen) atoms. The fourth-order valence-corrected chi connectivity index (χ4v) is 4.10. The number of hydrogen-bond donors (Lipinski definition) is 0. The highest BCUT2D eigenvalue weighted by molar-refractivity contribution is 7.99. The molecule has 1 aromatic carbocycles. The monoisotopic (exact) mass is 409 g/mol. The van der Waals surface area contributed by atoms with Crippen molar-refractivity contribution in [3.8, 4) is 6.07 Å². The average molecular weight is 410 g/mol. The van der Waals surface area contributed by atoms with Gasteiger partial charge >= 0.3 is 0 Å². The van der Waals surface area contributed by atoms with E-state index in [4.69, 9.17) is 22.0 Å². The molecule has 4 rings (SSSR count). The van der Waals surface area contributed by atoms with E-state index in [-0.39, 0.29) is 5.92 Å². The predicted molar refractivity (Wildman–Crippen MR) is 112 cm³/mol. The van der Waals surface area contributed by atoms with Gasteiger partial charge in [0.25, 0.3) is 0 Å². The van der Waals surface area contributed by atoms with Crippen molar-refractivity contribution in [2.75, 3.05) is 0 Å². The van der Waals surface area contributed by atoms with Gasteiger partial charge in [-0.1, -0.05) is 47.7 Å². The summed E-state index contributed by atoms with van der Waals surface area (Å²) in [7, 11) is 0. The fourth-order valence-electron chi connectivity index (χ4n) is 3.04. The molecule has 2 aliphatic carbocycles. The zero-order valence-electron chi connectivity index (χ0n) is 14.9. The summed E-state index contributed by atoms with van der Waals surface area (Å²) in [5, 5.41) is 14.6. The summed E-state index contributed by atoms with van der Waals surface area (Å²) in [6.45, 7) is 0. The molecule has 0 saturated carbocycles. The minimum Gasteiger partial charge on any atom is -0.243 e. The lowest BCUT2D eigenvalue weighted by atomic mass is 9.96. The van der Waals surface area contributed by atoms with Crippen LogP contribution in [0.3, 0.4) is 0 Å². The van der Waals surface area contributed by atoms with Gasteiger partial charge in [0.2, 0.25) is 0 Å². The number of alkyl halides is 1. The molecular formula is C22H17ClFN3S. The number of nitriles is 1. The van der Waals surface area contributed by atoms with Crippen molar-refractivity contribution >= 4 is 34.6 Å². The van der Waals surface area contributed by atoms with E-state index in [9.17, 15) is 4.39 Å². The maximum absolute atomic E-state index is 13.4. The summed E-state index contributed by atoms with van der Waals surface area (Å²) in [6, 6.07) is 9.93. The predicted octanol–water partition coefficient (Wildman–Crippen LogP) is 6.31. The minimum atomic E-state index is -0.936. The molecule has 2 atom stereocenters. The Morgan fingerprint density at radius 1 is 1.14 bits per heavy atom. The number of rotatable bonds is 4. The van der Waals surface area contributed by atoms with Gasteiger partial charge in [0.05, 0.1) is 22.6 Å². The van der Waals surface area contributed by atoms with Crippen LogP contribution in [0.2, 0.25) is 5.02 Å². The molecule has 1 heterocycles. The zero-order valence-corrected chi connectivity index (χ0v) is 16.5. The highest BCUT2D eigenvalue weighted by atomic mass is 35.5. The number of nitrogens with zero attached hydrogens (tertiary/aromatic N) is 3. The largest absolute Gasteiger partial charge is 0.243 e. The molecular weight excluding hydrogens is 393 g/mol. The Morgan fingerprint density at radius 2 is 1.96 bits per heavy atom. The zero-order chi connectivity index (χ0) is 19.5. The standard InChI is InChI=1S/C22H17ClFN3S/c23-17-5-11-20(12-6-17)28-21-14-27(19-9-7-18(24)8-10-19)26-22(21)16-3-1-15(13-25)2-4-16/h1,3-7,9-12,14-15,18H,2,8H2. The van der Waals surface area contributed by atoms with Gasteiger partial charge in [0.1, 0.15) is 11.9 Å². The molecule has 2 aliphatic rings. The van der Waals surface area contributed by atoms with E-state index in [0.717, 1.165) is 26.8 Å². The van der Waals surface area contributed by atoms with Crippen LogP contribution in [-0.4, -0.2) is 16.0 Å². The third-order valence-corrected chi connectivity index (χ3v) is 5.83. The van der Waals surface area contributed by atoms with Crippen LogP contribution in [0.15, 0.2) is 76.7 Å². The second-order valence-corrected chi connectivity index (χ2v) is 8.12. The molecule has 140 valence electrons. The topological polar surface area (TPSA) is 41.6 Å². The van der Waals surface area contributed by atoms with Gasteiger partial charge in [0, 0.05) is 22.5 Å². The molecule has 3 nitrogen and oxygen atoms in total. The number of hydrogen-bond acceptors (Lipinski definition) is 3. The van der Waals surface area contributed by atoms with Crippen LogP contribution < -0.4 is 0 Å². The van der Waals surface area contributed by atoms with Crippen LogP contribution in [-0.2, 0) is 0 Å². The van der Waals surface area contributed by atoms with Gasteiger partial charge in [-0.05, 0) is 48.4 Å². The summed E-state index contributed by atoms with van der Waals surface area (Å²) in [6.07, 6.45) is 13.2. The Kier molecular flexibility index (Phi) is 5.52. The summed E-state index contributed by atoms with van der Waals surface area (Å²) in [4.78, 5) is 2.04. The van der Waals surface area contributed by atoms with Gasteiger partial charge in [-0.25, -0.2) is 9.07 Å². The van der Waals surface area contributed by atoms with Gasteiger partial charge < -0.3 is 0 Å². The summed E-state index contributed by atoms with van der Waals surface area (Å²) >= 11 is 7.60. The Bertz CT molecular complexity index is 1040. The Hall–Kier alpha value is -2.55. The Labute approximate surface area is 172 Å². The molecule has 0 bridgehead atoms. The van der Waals surface area contributed by atoms with E-state index < -0.39 is 6.17 Å². The first-order valence-electron chi connectivity index (χ1n) is 8.96. The minimum absolute atomic E-state index is 0.0938. The molecule has 6 heteroatoms. The van der Waals surface area contributed by atoms with Crippen molar-refractivity contribution in [3.05, 3.63) is 77.6 Å². The van der Waals surface area contributed by atoms with E-state index in [1.807, 2.05) is 48.7 Å². The van der Waals surface area contributed by atoms with E-state index in [1.54, 1.807) is 28.6 Å². The molecule has 0 saturated heterocycles. The first-order chi connectivity index (χ1) is 13.6. The summed E-state index contributed by atoms with van der Waals surface area (Å²) < 4.78 is 15.2. The van der Waals surface area contributed by atoms with Crippen LogP contribution in [0.5, 0.6) is 0 Å². The van der Waals surface area contributed by atoms with Gasteiger partial charge in [-0.2, -0.15) is 10.4 Å². The molecule has 0 radical (unpaired) electrons. The third kappa shape index (κ3) is 4.14. The summed E-state index contributed by atoms with van der Waals surface area (Å²) in [5.74, 6) is -0.0938. The smallest absolute Gasteiger partial charge is 0.122 e. The quantitative estimate of drug-likeness (QED) is 0.594. The van der Waals surface area contributed by atoms with Crippen LogP contribution >= 0.6 is 23.4 Å². The Balaban J connectivity index is 1.69.